The molecule has 0 spiro atoms. The van der Waals surface area contributed by atoms with E-state index < -0.39 is 0 Å². The summed E-state index contributed by atoms with van der Waals surface area (Å²) >= 11 is 6.40. The molecule has 31 heavy (non-hydrogen) atoms. The van der Waals surface area contributed by atoms with E-state index in [-0.39, 0.29) is 11.8 Å². The van der Waals surface area contributed by atoms with Gasteiger partial charge >= 0.3 is 0 Å². The molecule has 0 unspecified atom stereocenters. The molecule has 4 aromatic rings. The van der Waals surface area contributed by atoms with Gasteiger partial charge in [-0.3, -0.25) is 9.20 Å². The van der Waals surface area contributed by atoms with E-state index >= 15 is 0 Å². The normalized spacial score (nSPS) is 15.0. The number of benzene rings is 1. The van der Waals surface area contributed by atoms with Crippen molar-refractivity contribution in [2.24, 2.45) is 11.7 Å². The van der Waals surface area contributed by atoms with Gasteiger partial charge in [-0.2, -0.15) is 0 Å². The fourth-order valence-corrected chi connectivity index (χ4v) is 4.35. The van der Waals surface area contributed by atoms with Crippen LogP contribution in [0.1, 0.15) is 18.4 Å². The van der Waals surface area contributed by atoms with E-state index in [9.17, 15) is 4.79 Å². The molecule has 1 amide bonds. The Morgan fingerprint density at radius 1 is 1.19 bits per heavy atom. The lowest BCUT2D eigenvalue weighted by atomic mass is 9.96. The second-order valence-corrected chi connectivity index (χ2v) is 8.25. The van der Waals surface area contributed by atoms with E-state index in [1.54, 1.807) is 12.5 Å². The molecule has 4 heterocycles. The predicted molar refractivity (Wildman–Crippen MR) is 122 cm³/mol. The second kappa shape index (κ2) is 7.70. The molecule has 0 aliphatic carbocycles. The Labute approximate surface area is 184 Å². The summed E-state index contributed by atoms with van der Waals surface area (Å²) in [5.41, 5.74) is 9.58. The number of anilines is 3. The molecule has 1 aliphatic heterocycles. The summed E-state index contributed by atoms with van der Waals surface area (Å²) in [5, 5.41) is 4.00. The van der Waals surface area contributed by atoms with Crippen molar-refractivity contribution in [3.05, 3.63) is 53.4 Å². The quantitative estimate of drug-likeness (QED) is 0.507. The standard InChI is InChI=1S/C22H22ClN7O/c1-13-3-2-4-15(23)19(13)28-21-17-11-25-12-30(17)22-16(26-21)5-6-18(27-22)29-9-7-14(8-10-29)20(24)31/h2-6,11-12,14H,7-10H2,1H3,(H2,24,31)(H,26,28). The van der Waals surface area contributed by atoms with Crippen molar-refractivity contribution in [2.45, 2.75) is 19.8 Å². The maximum absolute atomic E-state index is 11.4. The highest BCUT2D eigenvalue weighted by Gasteiger charge is 2.24. The minimum Gasteiger partial charge on any atom is -0.369 e. The molecule has 0 atom stereocenters. The molecule has 0 radical (unpaired) electrons. The summed E-state index contributed by atoms with van der Waals surface area (Å²) in [6, 6.07) is 9.69. The van der Waals surface area contributed by atoms with Crippen molar-refractivity contribution in [3.63, 3.8) is 0 Å². The smallest absolute Gasteiger partial charge is 0.220 e. The van der Waals surface area contributed by atoms with Gasteiger partial charge in [0.05, 0.1) is 16.9 Å². The molecule has 1 fully saturated rings. The Morgan fingerprint density at radius 3 is 2.74 bits per heavy atom. The molecule has 5 rings (SSSR count). The Morgan fingerprint density at radius 2 is 2.00 bits per heavy atom. The molecule has 9 heteroatoms. The molecule has 0 saturated carbocycles. The molecule has 158 valence electrons. The number of amides is 1. The lowest BCUT2D eigenvalue weighted by molar-refractivity contribution is -0.122. The third-order valence-corrected chi connectivity index (χ3v) is 6.18. The van der Waals surface area contributed by atoms with Gasteiger partial charge in [-0.05, 0) is 43.5 Å². The Balaban J connectivity index is 1.53. The molecule has 1 aliphatic rings. The zero-order chi connectivity index (χ0) is 21.5. The minimum atomic E-state index is -0.218. The van der Waals surface area contributed by atoms with Crippen molar-refractivity contribution in [3.8, 4) is 0 Å². The summed E-state index contributed by atoms with van der Waals surface area (Å²) in [4.78, 5) is 27.6. The number of imidazole rings is 1. The number of rotatable bonds is 4. The first-order chi connectivity index (χ1) is 15.0. The zero-order valence-electron chi connectivity index (χ0n) is 17.0. The van der Waals surface area contributed by atoms with Gasteiger partial charge < -0.3 is 16.0 Å². The van der Waals surface area contributed by atoms with Crippen molar-refractivity contribution in [1.82, 2.24) is 19.4 Å². The number of nitrogens with one attached hydrogen (secondary N) is 1. The number of nitrogens with two attached hydrogens (primary N) is 1. The number of para-hydroxylation sites is 1. The van der Waals surface area contributed by atoms with Gasteiger partial charge in [0.15, 0.2) is 11.5 Å². The van der Waals surface area contributed by atoms with Crippen LogP contribution in [0.4, 0.5) is 17.3 Å². The second-order valence-electron chi connectivity index (χ2n) is 7.84. The van der Waals surface area contributed by atoms with Gasteiger partial charge in [0, 0.05) is 19.0 Å². The summed E-state index contributed by atoms with van der Waals surface area (Å²) in [6.07, 6.45) is 4.98. The number of primary amides is 1. The first kappa shape index (κ1) is 19.6. The number of carbonyl (C=O) groups is 1. The largest absolute Gasteiger partial charge is 0.369 e. The van der Waals surface area contributed by atoms with Crippen LogP contribution in [0, 0.1) is 12.8 Å². The predicted octanol–water partition coefficient (Wildman–Crippen LogP) is 3.68. The summed E-state index contributed by atoms with van der Waals surface area (Å²) < 4.78 is 1.93. The van der Waals surface area contributed by atoms with E-state index in [1.165, 1.54) is 0 Å². The number of pyridine rings is 1. The highest BCUT2D eigenvalue weighted by molar-refractivity contribution is 6.33. The molecule has 0 bridgehead atoms. The maximum atomic E-state index is 11.4. The minimum absolute atomic E-state index is 0.0550. The van der Waals surface area contributed by atoms with Gasteiger partial charge in [0.2, 0.25) is 5.91 Å². The van der Waals surface area contributed by atoms with Gasteiger partial charge in [-0.15, -0.1) is 0 Å². The Hall–Kier alpha value is -3.39. The fourth-order valence-electron chi connectivity index (χ4n) is 4.08. The average Bonchev–Trinajstić information content (AvgIpc) is 3.27. The molecular formula is C22H22ClN7O. The molecule has 3 N–H and O–H groups in total. The number of aromatic nitrogens is 4. The maximum Gasteiger partial charge on any atom is 0.220 e. The van der Waals surface area contributed by atoms with Crippen LogP contribution < -0.4 is 16.0 Å². The molecule has 1 saturated heterocycles. The fraction of sp³-hybridized carbons (Fsp3) is 0.273. The van der Waals surface area contributed by atoms with Crippen molar-refractivity contribution in [2.75, 3.05) is 23.3 Å². The topological polar surface area (TPSA) is 101 Å². The number of aryl methyl sites for hydroxylation is 1. The van der Waals surface area contributed by atoms with E-state index in [2.05, 4.69) is 15.2 Å². The highest BCUT2D eigenvalue weighted by atomic mass is 35.5. The highest BCUT2D eigenvalue weighted by Crippen LogP contribution is 2.31. The van der Waals surface area contributed by atoms with Crippen molar-refractivity contribution >= 4 is 51.5 Å². The lowest BCUT2D eigenvalue weighted by Gasteiger charge is -2.31. The van der Waals surface area contributed by atoms with Crippen LogP contribution in [-0.2, 0) is 4.79 Å². The summed E-state index contributed by atoms with van der Waals surface area (Å²) in [5.74, 6) is 1.25. The SMILES string of the molecule is Cc1cccc(Cl)c1Nc1nc2ccc(N3CCC(C(N)=O)CC3)nc2n2cncc12. The zero-order valence-corrected chi connectivity index (χ0v) is 17.8. The van der Waals surface area contributed by atoms with Crippen LogP contribution in [0.3, 0.4) is 0 Å². The number of fused-ring (bicyclic) bond motifs is 3. The summed E-state index contributed by atoms with van der Waals surface area (Å²) in [6.45, 7) is 3.49. The van der Waals surface area contributed by atoms with Crippen LogP contribution in [0.15, 0.2) is 42.9 Å². The molecule has 1 aromatic carbocycles. The van der Waals surface area contributed by atoms with Gasteiger partial charge in [-0.25, -0.2) is 15.0 Å². The van der Waals surface area contributed by atoms with E-state index in [0.29, 0.717) is 10.8 Å². The monoisotopic (exact) mass is 435 g/mol. The Kier molecular flexibility index (Phi) is 4.86. The third-order valence-electron chi connectivity index (χ3n) is 5.87. The van der Waals surface area contributed by atoms with E-state index in [1.807, 2.05) is 41.7 Å². The first-order valence-electron chi connectivity index (χ1n) is 10.2. The average molecular weight is 436 g/mol. The number of piperidine rings is 1. The number of hydrogen-bond acceptors (Lipinski definition) is 6. The van der Waals surface area contributed by atoms with Crippen LogP contribution in [0.5, 0.6) is 0 Å². The summed E-state index contributed by atoms with van der Waals surface area (Å²) in [7, 11) is 0. The number of halogens is 1. The van der Waals surface area contributed by atoms with Crippen molar-refractivity contribution < 1.29 is 4.79 Å². The van der Waals surface area contributed by atoms with Crippen LogP contribution >= 0.6 is 11.6 Å². The van der Waals surface area contributed by atoms with Crippen LogP contribution in [-0.4, -0.2) is 38.3 Å². The lowest BCUT2D eigenvalue weighted by Crippen LogP contribution is -2.38. The van der Waals surface area contributed by atoms with Crippen LogP contribution in [0.2, 0.25) is 5.02 Å². The van der Waals surface area contributed by atoms with Crippen molar-refractivity contribution in [1.29, 1.82) is 0 Å². The molecular weight excluding hydrogens is 414 g/mol. The molecule has 3 aromatic heterocycles. The number of hydrogen-bond donors (Lipinski definition) is 2. The first-order valence-corrected chi connectivity index (χ1v) is 10.6. The van der Waals surface area contributed by atoms with E-state index in [0.717, 1.165) is 59.7 Å². The van der Waals surface area contributed by atoms with Gasteiger partial charge in [0.25, 0.3) is 0 Å². The number of carbonyl (C=O) groups excluding carboxylic acids is 1. The van der Waals surface area contributed by atoms with Gasteiger partial charge in [0.1, 0.15) is 23.2 Å². The Bertz CT molecular complexity index is 1270. The third kappa shape index (κ3) is 3.53. The number of nitrogens with zero attached hydrogens (tertiary/aromatic N) is 5. The van der Waals surface area contributed by atoms with E-state index in [4.69, 9.17) is 27.3 Å². The van der Waals surface area contributed by atoms with Gasteiger partial charge in [-0.1, -0.05) is 23.7 Å². The molecule has 8 nitrogen and oxygen atoms in total. The van der Waals surface area contributed by atoms with Crippen LogP contribution in [0.25, 0.3) is 16.7 Å².